The maximum atomic E-state index is 12.2. The van der Waals surface area contributed by atoms with Gasteiger partial charge in [0.15, 0.2) is 5.43 Å². The molecule has 0 bridgehead atoms. The molecule has 6 heteroatoms. The van der Waals surface area contributed by atoms with Gasteiger partial charge in [-0.1, -0.05) is 71.9 Å². The number of amides is 1. The summed E-state index contributed by atoms with van der Waals surface area (Å²) in [6, 6.07) is 22.4. The number of benzene rings is 3. The Morgan fingerprint density at radius 3 is 2.15 bits per heavy atom. The van der Waals surface area contributed by atoms with Gasteiger partial charge in [0, 0.05) is 35.3 Å². The summed E-state index contributed by atoms with van der Waals surface area (Å²) in [6.07, 6.45) is 3.29. The number of phenols is 1. The fraction of sp³-hybridized carbons (Fsp3) is 0.242. The highest BCUT2D eigenvalue weighted by molar-refractivity contribution is 5.96. The lowest BCUT2D eigenvalue weighted by atomic mass is 9.79. The van der Waals surface area contributed by atoms with Crippen LogP contribution in [0.2, 0.25) is 0 Å². The van der Waals surface area contributed by atoms with E-state index in [-0.39, 0.29) is 22.0 Å². The first kappa shape index (κ1) is 27.6. The highest BCUT2D eigenvalue weighted by Gasteiger charge is 2.26. The largest absolute Gasteiger partial charge is 0.508 e. The summed E-state index contributed by atoms with van der Waals surface area (Å²) in [4.78, 5) is 27.2. The molecular weight excluding hydrogens is 486 g/mol. The molecule has 0 aliphatic rings. The van der Waals surface area contributed by atoms with Crippen molar-refractivity contribution < 1.29 is 9.90 Å². The van der Waals surface area contributed by atoms with Gasteiger partial charge in [-0.2, -0.15) is 0 Å². The molecule has 0 aliphatic heterocycles. The number of hydrogen-bond acceptors (Lipinski definition) is 4. The van der Waals surface area contributed by atoms with Gasteiger partial charge in [0.2, 0.25) is 5.91 Å². The maximum Gasteiger partial charge on any atom is 0.250 e. The number of aromatic hydroxyl groups is 1. The van der Waals surface area contributed by atoms with E-state index in [2.05, 4.69) is 52.6 Å². The minimum atomic E-state index is -0.446. The Hall–Kier alpha value is -4.45. The molecule has 5 rings (SSSR count). The number of rotatable bonds is 2. The van der Waals surface area contributed by atoms with Crippen LogP contribution >= 0.6 is 0 Å². The summed E-state index contributed by atoms with van der Waals surface area (Å²) in [5.74, 6) is -0.165. The number of carbonyl (C=O) groups is 1. The first-order valence-corrected chi connectivity index (χ1v) is 12.9. The number of aromatic nitrogens is 2. The number of fused-ring (bicyclic) bond motifs is 2. The first-order valence-electron chi connectivity index (χ1n) is 12.9. The van der Waals surface area contributed by atoms with Gasteiger partial charge in [0.1, 0.15) is 5.75 Å². The number of carbonyl (C=O) groups excluding carboxylic acids is 1. The van der Waals surface area contributed by atoms with Crippen molar-refractivity contribution in [2.24, 2.45) is 5.73 Å². The highest BCUT2D eigenvalue weighted by Crippen LogP contribution is 2.39. The van der Waals surface area contributed by atoms with Crippen molar-refractivity contribution in [3.05, 3.63) is 112 Å². The minimum absolute atomic E-state index is 0.00434. The van der Waals surface area contributed by atoms with Crippen molar-refractivity contribution in [2.75, 3.05) is 0 Å². The zero-order valence-corrected chi connectivity index (χ0v) is 23.3. The van der Waals surface area contributed by atoms with Gasteiger partial charge in [0.05, 0.1) is 22.3 Å². The Balaban J connectivity index is 0.000000226. The molecular formula is C33H35N3O3. The van der Waals surface area contributed by atoms with E-state index in [0.29, 0.717) is 10.9 Å². The van der Waals surface area contributed by atoms with Gasteiger partial charge in [0.25, 0.3) is 0 Å². The van der Waals surface area contributed by atoms with E-state index in [1.807, 2.05) is 59.2 Å². The molecule has 0 aliphatic carbocycles. The van der Waals surface area contributed by atoms with Gasteiger partial charge in [-0.05, 0) is 52.3 Å². The SMILES string of the molecule is CC(C)(C)c1cc(C(C)(C)C)c(-n2ccc(=O)c3ccccc32)cc1O.NC(=O)c1cnc2ccccc2c1. The van der Waals surface area contributed by atoms with Crippen LogP contribution in [0.4, 0.5) is 0 Å². The van der Waals surface area contributed by atoms with Crippen LogP contribution in [0.3, 0.4) is 0 Å². The standard InChI is InChI=1S/C23H27NO2.C10H8N2O/c1-22(2,3)16-13-17(23(4,5)6)21(26)14-19(16)24-12-11-20(25)15-9-7-8-10-18(15)24;11-10(13)8-5-7-3-1-2-4-9(7)12-6-8/h7-14,26H,1-6H3;1-6H,(H2,11,13). The summed E-state index contributed by atoms with van der Waals surface area (Å²) in [6.45, 7) is 12.8. The molecule has 6 nitrogen and oxygen atoms in total. The molecule has 0 radical (unpaired) electrons. The second kappa shape index (κ2) is 10.4. The molecule has 200 valence electrons. The number of pyridine rings is 2. The average Bonchev–Trinajstić information content (AvgIpc) is 2.87. The molecule has 0 saturated heterocycles. The molecule has 0 saturated carbocycles. The van der Waals surface area contributed by atoms with E-state index < -0.39 is 5.91 Å². The molecule has 3 aromatic carbocycles. The van der Waals surface area contributed by atoms with Crippen LogP contribution in [0.5, 0.6) is 5.75 Å². The molecule has 3 N–H and O–H groups in total. The normalized spacial score (nSPS) is 11.7. The van der Waals surface area contributed by atoms with Gasteiger partial charge >= 0.3 is 0 Å². The molecule has 0 fully saturated rings. The quantitative estimate of drug-likeness (QED) is 0.273. The second-order valence-electron chi connectivity index (χ2n) is 11.7. The molecule has 2 aromatic heterocycles. The Bertz CT molecular complexity index is 1740. The fourth-order valence-electron chi connectivity index (χ4n) is 4.60. The van der Waals surface area contributed by atoms with Crippen LogP contribution in [0.1, 0.15) is 63.0 Å². The average molecular weight is 522 g/mol. The third-order valence-corrected chi connectivity index (χ3v) is 6.67. The zero-order valence-electron chi connectivity index (χ0n) is 23.3. The molecule has 0 spiro atoms. The predicted octanol–water partition coefficient (Wildman–Crippen LogP) is 6.63. The summed E-state index contributed by atoms with van der Waals surface area (Å²) in [5.41, 5.74) is 9.97. The van der Waals surface area contributed by atoms with Crippen molar-refractivity contribution in [3.63, 3.8) is 0 Å². The van der Waals surface area contributed by atoms with Gasteiger partial charge in [-0.15, -0.1) is 0 Å². The van der Waals surface area contributed by atoms with E-state index in [1.54, 1.807) is 18.3 Å². The van der Waals surface area contributed by atoms with E-state index in [0.717, 1.165) is 33.2 Å². The lowest BCUT2D eigenvalue weighted by Gasteiger charge is -2.29. The number of nitrogens with two attached hydrogens (primary N) is 1. The zero-order chi connectivity index (χ0) is 28.5. The lowest BCUT2D eigenvalue weighted by Crippen LogP contribution is -2.20. The monoisotopic (exact) mass is 521 g/mol. The van der Waals surface area contributed by atoms with Crippen LogP contribution < -0.4 is 11.2 Å². The summed E-state index contributed by atoms with van der Waals surface area (Å²) in [7, 11) is 0. The van der Waals surface area contributed by atoms with Crippen molar-refractivity contribution in [1.82, 2.24) is 9.55 Å². The van der Waals surface area contributed by atoms with E-state index in [4.69, 9.17) is 5.73 Å². The third-order valence-electron chi connectivity index (χ3n) is 6.67. The number of nitrogens with zero attached hydrogens (tertiary/aromatic N) is 2. The summed E-state index contributed by atoms with van der Waals surface area (Å²) in [5, 5.41) is 12.3. The molecule has 39 heavy (non-hydrogen) atoms. The van der Waals surface area contributed by atoms with Crippen LogP contribution in [0.15, 0.2) is 90.0 Å². The Kier molecular flexibility index (Phi) is 7.33. The molecule has 2 heterocycles. The highest BCUT2D eigenvalue weighted by atomic mass is 16.3. The summed E-state index contributed by atoms with van der Waals surface area (Å²) >= 11 is 0. The Labute approximate surface area is 228 Å². The van der Waals surface area contributed by atoms with Crippen molar-refractivity contribution >= 4 is 27.7 Å². The minimum Gasteiger partial charge on any atom is -0.508 e. The smallest absolute Gasteiger partial charge is 0.250 e. The second-order valence-corrected chi connectivity index (χ2v) is 11.7. The fourth-order valence-corrected chi connectivity index (χ4v) is 4.60. The summed E-state index contributed by atoms with van der Waals surface area (Å²) < 4.78 is 2.00. The molecule has 0 atom stereocenters. The maximum absolute atomic E-state index is 12.2. The molecule has 1 amide bonds. The topological polar surface area (TPSA) is 98.2 Å². The van der Waals surface area contributed by atoms with E-state index in [1.165, 1.54) is 6.20 Å². The lowest BCUT2D eigenvalue weighted by molar-refractivity contribution is 0.1000. The number of hydrogen-bond donors (Lipinski definition) is 2. The number of para-hydroxylation sites is 2. The van der Waals surface area contributed by atoms with Crippen molar-refractivity contribution in [2.45, 2.75) is 52.4 Å². The molecule has 0 unspecified atom stereocenters. The first-order chi connectivity index (χ1) is 18.3. The number of primary amides is 1. The van der Waals surface area contributed by atoms with E-state index >= 15 is 0 Å². The van der Waals surface area contributed by atoms with Crippen LogP contribution in [-0.4, -0.2) is 20.6 Å². The van der Waals surface area contributed by atoms with Crippen LogP contribution in [-0.2, 0) is 10.8 Å². The predicted molar refractivity (Wildman–Crippen MR) is 159 cm³/mol. The van der Waals surface area contributed by atoms with Crippen LogP contribution in [0.25, 0.3) is 27.5 Å². The number of phenolic OH excluding ortho intramolecular Hbond substituents is 1. The van der Waals surface area contributed by atoms with Gasteiger partial charge in [-0.3, -0.25) is 14.6 Å². The van der Waals surface area contributed by atoms with E-state index in [9.17, 15) is 14.7 Å². The Morgan fingerprint density at radius 2 is 1.49 bits per heavy atom. The molecule has 5 aromatic rings. The third kappa shape index (κ3) is 5.85. The van der Waals surface area contributed by atoms with Crippen molar-refractivity contribution in [1.29, 1.82) is 0 Å². The van der Waals surface area contributed by atoms with Crippen LogP contribution in [0, 0.1) is 0 Å². The van der Waals surface area contributed by atoms with Gasteiger partial charge in [-0.25, -0.2) is 0 Å². The van der Waals surface area contributed by atoms with Gasteiger partial charge < -0.3 is 15.4 Å². The Morgan fingerprint density at radius 1 is 0.846 bits per heavy atom. The van der Waals surface area contributed by atoms with Crippen molar-refractivity contribution in [3.8, 4) is 11.4 Å².